The first-order valence-corrected chi connectivity index (χ1v) is 16.8. The third-order valence-corrected chi connectivity index (χ3v) is 13.8. The Bertz CT molecular complexity index is 378. The molecule has 0 bridgehead atoms. The van der Waals surface area contributed by atoms with Gasteiger partial charge in [-0.1, -0.05) is 22.4 Å². The van der Waals surface area contributed by atoms with Crippen LogP contribution in [0.15, 0.2) is 0 Å². The zero-order chi connectivity index (χ0) is 20.6. The fourth-order valence-corrected chi connectivity index (χ4v) is 8.91. The lowest BCUT2D eigenvalue weighted by Crippen LogP contribution is -2.10. The van der Waals surface area contributed by atoms with Crippen LogP contribution >= 0.6 is 36.4 Å². The van der Waals surface area contributed by atoms with Crippen LogP contribution in [-0.4, -0.2) is 72.1 Å². The lowest BCUT2D eigenvalue weighted by atomic mass is 10.9. The highest BCUT2D eigenvalue weighted by molar-refractivity contribution is 8.55. The maximum Gasteiger partial charge on any atom is 0.388 e. The van der Waals surface area contributed by atoms with Gasteiger partial charge in [-0.2, -0.15) is 0 Å². The molecule has 0 aromatic carbocycles. The highest BCUT2D eigenvalue weighted by atomic mass is 32.7. The third-order valence-electron chi connectivity index (χ3n) is 2.66. The quantitative estimate of drug-likeness (QED) is 0.262. The Morgan fingerprint density at radius 1 is 0.731 bits per heavy atom. The molecular weight excluding hydrogens is 462 g/mol. The average molecular weight is 493 g/mol. The van der Waals surface area contributed by atoms with Gasteiger partial charge in [-0.15, -0.1) is 0 Å². The smallest absolute Gasteiger partial charge is 0.388 e. The van der Waals surface area contributed by atoms with Crippen molar-refractivity contribution in [1.29, 1.82) is 0 Å². The molecule has 26 heavy (non-hydrogen) atoms. The Morgan fingerprint density at radius 2 is 1.00 bits per heavy atom. The summed E-state index contributed by atoms with van der Waals surface area (Å²) in [7, 11) is 5.37. The number of hydrogen-bond acceptors (Lipinski definition) is 10. The lowest BCUT2D eigenvalue weighted by Gasteiger charge is -2.13. The number of rotatable bonds is 14. The zero-order valence-corrected chi connectivity index (χ0v) is 21.1. The van der Waals surface area contributed by atoms with Crippen LogP contribution in [0.4, 0.5) is 0 Å². The van der Waals surface area contributed by atoms with Crippen molar-refractivity contribution in [3.8, 4) is 0 Å². The van der Waals surface area contributed by atoms with E-state index in [1.165, 1.54) is 28.4 Å². The topological polar surface area (TPSA) is 117 Å². The van der Waals surface area contributed by atoms with Crippen LogP contribution in [0.1, 0.15) is 13.8 Å². The minimum atomic E-state index is -2.97. The van der Waals surface area contributed by atoms with Gasteiger partial charge >= 0.3 is 13.6 Å². The molecule has 0 aliphatic carbocycles. The molecule has 0 heterocycles. The van der Waals surface area contributed by atoms with Crippen molar-refractivity contribution in [3.05, 3.63) is 0 Å². The molecule has 0 N–H and O–H groups in total. The first-order chi connectivity index (χ1) is 12.2. The van der Waals surface area contributed by atoms with Gasteiger partial charge in [0.05, 0.1) is 0 Å². The van der Waals surface area contributed by atoms with E-state index in [1.54, 1.807) is 0 Å². The van der Waals surface area contributed by atoms with E-state index in [2.05, 4.69) is 0 Å². The van der Waals surface area contributed by atoms with E-state index in [1.807, 2.05) is 13.8 Å². The predicted molar refractivity (Wildman–Crippen MR) is 115 cm³/mol. The van der Waals surface area contributed by atoms with Gasteiger partial charge in [-0.25, -0.2) is 9.13 Å². The highest BCUT2D eigenvalue weighted by Crippen LogP contribution is 2.59. The lowest BCUT2D eigenvalue weighted by molar-refractivity contribution is 0.294. The minimum absolute atomic E-state index is 0.526. The molecular formula is C12H30O8P2S4. The summed E-state index contributed by atoms with van der Waals surface area (Å²) in [6.07, 6.45) is 0. The van der Waals surface area contributed by atoms with Gasteiger partial charge in [0.25, 0.3) is 0 Å². The fraction of sp³-hybridized carbons (Fsp3) is 1.00. The SMILES string of the molecule is CC[S+]([O-])CCSP(=O)(OC)OC.CC[S+]([O-])CCSP(=O)(OC)OC. The Hall–Kier alpha value is 1.62. The first-order valence-electron chi connectivity index (χ1n) is 7.57. The van der Waals surface area contributed by atoms with Crippen LogP contribution in [0.2, 0.25) is 0 Å². The monoisotopic (exact) mass is 492 g/mol. The van der Waals surface area contributed by atoms with Crippen LogP contribution in [0.3, 0.4) is 0 Å². The molecule has 0 saturated carbocycles. The molecule has 0 fully saturated rings. The van der Waals surface area contributed by atoms with Crippen molar-refractivity contribution in [2.75, 3.05) is 63.0 Å². The van der Waals surface area contributed by atoms with E-state index in [4.69, 9.17) is 18.1 Å². The molecule has 0 radical (unpaired) electrons. The largest absolute Gasteiger partial charge is 0.616 e. The van der Waals surface area contributed by atoms with E-state index in [-0.39, 0.29) is 0 Å². The standard InChI is InChI=1S/2C6H15O4PS2/c2*1-4-13(8)6-5-12-11(7,9-2)10-3/h2*4-6H2,1-3H3. The van der Waals surface area contributed by atoms with Crippen molar-refractivity contribution >= 4 is 58.7 Å². The molecule has 160 valence electrons. The average Bonchev–Trinajstić information content (AvgIpc) is 2.67. The third kappa shape index (κ3) is 15.5. The van der Waals surface area contributed by atoms with Gasteiger partial charge in [-0.3, -0.25) is 0 Å². The Morgan fingerprint density at radius 3 is 1.19 bits per heavy atom. The van der Waals surface area contributed by atoms with Crippen LogP contribution < -0.4 is 0 Å². The summed E-state index contributed by atoms with van der Waals surface area (Å²) in [5.74, 6) is 3.37. The normalized spacial score (nSPS) is 14.5. The Balaban J connectivity index is 0. The maximum atomic E-state index is 11.4. The summed E-state index contributed by atoms with van der Waals surface area (Å²) < 4.78 is 63.7. The molecule has 0 aromatic rings. The van der Waals surface area contributed by atoms with Gasteiger partial charge in [0.1, 0.15) is 23.0 Å². The summed E-state index contributed by atoms with van der Waals surface area (Å²) in [5.41, 5.74) is 0. The van der Waals surface area contributed by atoms with Gasteiger partial charge < -0.3 is 27.2 Å². The van der Waals surface area contributed by atoms with E-state index < -0.39 is 35.9 Å². The maximum absolute atomic E-state index is 11.4. The summed E-state index contributed by atoms with van der Waals surface area (Å²) in [6.45, 7) is -2.22. The van der Waals surface area contributed by atoms with Gasteiger partial charge in [0, 0.05) is 39.9 Å². The van der Waals surface area contributed by atoms with E-state index >= 15 is 0 Å². The molecule has 8 nitrogen and oxygen atoms in total. The molecule has 0 spiro atoms. The van der Waals surface area contributed by atoms with E-state index in [0.717, 1.165) is 22.8 Å². The van der Waals surface area contributed by atoms with Gasteiger partial charge in [-0.05, 0) is 36.6 Å². The van der Waals surface area contributed by atoms with Crippen molar-refractivity contribution in [2.45, 2.75) is 13.8 Å². The Kier molecular flexibility index (Phi) is 20.0. The van der Waals surface area contributed by atoms with Crippen LogP contribution in [-0.2, 0) is 49.6 Å². The molecule has 0 rings (SSSR count). The minimum Gasteiger partial charge on any atom is -0.616 e. The number of hydrogen-bond donors (Lipinski definition) is 0. The Labute approximate surface area is 171 Å². The van der Waals surface area contributed by atoms with Crippen molar-refractivity contribution < 1.29 is 36.3 Å². The van der Waals surface area contributed by atoms with Gasteiger partial charge in [0.15, 0.2) is 0 Å². The van der Waals surface area contributed by atoms with E-state index in [9.17, 15) is 18.2 Å². The van der Waals surface area contributed by atoms with Crippen molar-refractivity contribution in [1.82, 2.24) is 0 Å². The second-order valence-corrected chi connectivity index (χ2v) is 16.7. The summed E-state index contributed by atoms with van der Waals surface area (Å²) in [5, 5.41) is 0. The second-order valence-electron chi connectivity index (χ2n) is 4.16. The van der Waals surface area contributed by atoms with Crippen molar-refractivity contribution in [2.24, 2.45) is 0 Å². The molecule has 0 saturated heterocycles. The summed E-state index contributed by atoms with van der Waals surface area (Å²) in [6, 6.07) is 0. The van der Waals surface area contributed by atoms with Crippen molar-refractivity contribution in [3.63, 3.8) is 0 Å². The van der Waals surface area contributed by atoms with Crippen LogP contribution in [0, 0.1) is 0 Å². The first kappa shape index (κ1) is 29.8. The summed E-state index contributed by atoms with van der Waals surface area (Å²) >= 11 is 0.534. The van der Waals surface area contributed by atoms with Gasteiger partial charge in [0.2, 0.25) is 0 Å². The van der Waals surface area contributed by atoms with Crippen LogP contribution in [0.25, 0.3) is 0 Å². The second kappa shape index (κ2) is 17.5. The zero-order valence-electron chi connectivity index (χ0n) is 16.0. The molecule has 14 heteroatoms. The molecule has 2 unspecified atom stereocenters. The summed E-state index contributed by atoms with van der Waals surface area (Å²) in [4.78, 5) is 0. The molecule has 0 amide bonds. The predicted octanol–water partition coefficient (Wildman–Crippen LogP) is 3.78. The molecule has 0 aliphatic heterocycles. The molecule has 0 aliphatic rings. The van der Waals surface area contributed by atoms with Crippen LogP contribution in [0.5, 0.6) is 0 Å². The molecule has 0 aromatic heterocycles. The fourth-order valence-electron chi connectivity index (χ4n) is 1.13. The van der Waals surface area contributed by atoms with E-state index in [0.29, 0.717) is 34.5 Å². The highest BCUT2D eigenvalue weighted by Gasteiger charge is 2.23. The molecule has 2 atom stereocenters.